The summed E-state index contributed by atoms with van der Waals surface area (Å²) < 4.78 is 1.15. The molecule has 1 aliphatic rings. The van der Waals surface area contributed by atoms with Crippen molar-refractivity contribution in [1.82, 2.24) is 0 Å². The molecule has 0 atom stereocenters. The average Bonchev–Trinajstić information content (AvgIpc) is 2.46. The van der Waals surface area contributed by atoms with E-state index in [-0.39, 0.29) is 5.78 Å². The number of benzene rings is 1. The van der Waals surface area contributed by atoms with Crippen LogP contribution in [0.3, 0.4) is 0 Å². The summed E-state index contributed by atoms with van der Waals surface area (Å²) >= 11 is 3.56. The summed E-state index contributed by atoms with van der Waals surface area (Å²) in [7, 11) is 4.03. The maximum Gasteiger partial charge on any atom is 0.180 e. The van der Waals surface area contributed by atoms with Gasteiger partial charge in [0.05, 0.1) is 0 Å². The van der Waals surface area contributed by atoms with E-state index >= 15 is 0 Å². The normalized spacial score (nSPS) is 15.4. The number of rotatable bonds is 4. The average molecular weight is 305 g/mol. The Morgan fingerprint density at radius 2 is 1.80 bits per heavy atom. The third-order valence-corrected chi connectivity index (χ3v) is 5.38. The summed E-state index contributed by atoms with van der Waals surface area (Å²) in [5.74, 6) is 2.32. The van der Waals surface area contributed by atoms with Gasteiger partial charge in [0.2, 0.25) is 0 Å². The third kappa shape index (κ3) is 4.76. The molecule has 0 amide bonds. The van der Waals surface area contributed by atoms with Gasteiger partial charge in [-0.15, -0.1) is 23.5 Å². The van der Waals surface area contributed by atoms with Crippen molar-refractivity contribution in [1.29, 1.82) is 0 Å². The summed E-state index contributed by atoms with van der Waals surface area (Å²) in [6, 6.07) is 8.15. The fraction of sp³-hybridized carbons (Fsp3) is 0.312. The van der Waals surface area contributed by atoms with E-state index in [1.165, 1.54) is 6.42 Å². The molecule has 0 aliphatic carbocycles. The van der Waals surface area contributed by atoms with E-state index in [1.807, 2.05) is 32.3 Å². The first-order valence-corrected chi connectivity index (χ1v) is 8.59. The second-order valence-corrected chi connectivity index (χ2v) is 7.27. The van der Waals surface area contributed by atoms with Crippen molar-refractivity contribution >= 4 is 41.1 Å². The zero-order valence-electron chi connectivity index (χ0n) is 11.8. The van der Waals surface area contributed by atoms with E-state index in [4.69, 9.17) is 0 Å². The van der Waals surface area contributed by atoms with Crippen LogP contribution in [-0.4, -0.2) is 31.4 Å². The molecule has 2 rings (SSSR count). The molecule has 0 aromatic heterocycles. The van der Waals surface area contributed by atoms with Crippen LogP contribution in [0.25, 0.3) is 6.08 Å². The summed E-state index contributed by atoms with van der Waals surface area (Å²) in [6.45, 7) is 0. The van der Waals surface area contributed by atoms with Gasteiger partial charge in [0.1, 0.15) is 0 Å². The highest BCUT2D eigenvalue weighted by Gasteiger charge is 2.07. The minimum Gasteiger partial charge on any atom is -0.378 e. The van der Waals surface area contributed by atoms with Gasteiger partial charge in [-0.1, -0.05) is 18.2 Å². The SMILES string of the molecule is CN(C)c1ccc(/C=C/C(=O)C=C2SCCCS2)cc1. The Morgan fingerprint density at radius 1 is 1.15 bits per heavy atom. The first kappa shape index (κ1) is 15.3. The summed E-state index contributed by atoms with van der Waals surface area (Å²) in [5, 5.41) is 0. The Bertz CT molecular complexity index is 510. The topological polar surface area (TPSA) is 20.3 Å². The molecule has 0 N–H and O–H groups in total. The number of thioether (sulfide) groups is 2. The highest BCUT2D eigenvalue weighted by molar-refractivity contribution is 8.22. The van der Waals surface area contributed by atoms with Crippen LogP contribution in [0.1, 0.15) is 12.0 Å². The molecule has 0 spiro atoms. The summed E-state index contributed by atoms with van der Waals surface area (Å²) in [5.41, 5.74) is 2.21. The Labute approximate surface area is 129 Å². The molecule has 1 heterocycles. The van der Waals surface area contributed by atoms with Gasteiger partial charge in [0.25, 0.3) is 0 Å². The number of nitrogens with zero attached hydrogens (tertiary/aromatic N) is 1. The molecule has 0 unspecified atom stereocenters. The summed E-state index contributed by atoms with van der Waals surface area (Å²) in [6.07, 6.45) is 6.50. The maximum absolute atomic E-state index is 11.9. The second-order valence-electron chi connectivity index (χ2n) is 4.74. The fourth-order valence-corrected chi connectivity index (χ4v) is 4.15. The molecule has 1 aromatic carbocycles. The molecule has 0 radical (unpaired) electrons. The van der Waals surface area contributed by atoms with Crippen LogP contribution in [0.2, 0.25) is 0 Å². The van der Waals surface area contributed by atoms with Gasteiger partial charge in [-0.25, -0.2) is 0 Å². The van der Waals surface area contributed by atoms with Crippen LogP contribution >= 0.6 is 23.5 Å². The van der Waals surface area contributed by atoms with E-state index in [0.717, 1.165) is 27.0 Å². The van der Waals surface area contributed by atoms with Crippen molar-refractivity contribution < 1.29 is 4.79 Å². The van der Waals surface area contributed by atoms with Crippen LogP contribution in [-0.2, 0) is 4.79 Å². The van der Waals surface area contributed by atoms with E-state index < -0.39 is 0 Å². The van der Waals surface area contributed by atoms with E-state index in [1.54, 1.807) is 35.7 Å². The zero-order chi connectivity index (χ0) is 14.4. The standard InChI is InChI=1S/C16H19NOS2/c1-17(2)14-7-4-13(5-8-14)6-9-15(18)12-16-19-10-3-11-20-16/h4-9,12H,3,10-11H2,1-2H3/b9-6+. The highest BCUT2D eigenvalue weighted by Crippen LogP contribution is 2.34. The van der Waals surface area contributed by atoms with E-state index in [9.17, 15) is 4.79 Å². The van der Waals surface area contributed by atoms with Crippen LogP contribution in [0.5, 0.6) is 0 Å². The number of allylic oxidation sites excluding steroid dienone is 2. The number of hydrogen-bond donors (Lipinski definition) is 0. The second kappa shape index (κ2) is 7.60. The van der Waals surface area contributed by atoms with Crippen LogP contribution in [0.15, 0.2) is 40.7 Å². The lowest BCUT2D eigenvalue weighted by atomic mass is 10.1. The molecule has 0 saturated carbocycles. The zero-order valence-corrected chi connectivity index (χ0v) is 13.5. The Kier molecular flexibility index (Phi) is 5.80. The first-order valence-electron chi connectivity index (χ1n) is 6.62. The third-order valence-electron chi connectivity index (χ3n) is 2.89. The van der Waals surface area contributed by atoms with Gasteiger partial charge in [0, 0.05) is 30.1 Å². The van der Waals surface area contributed by atoms with Crippen molar-refractivity contribution in [2.45, 2.75) is 6.42 Å². The molecule has 1 saturated heterocycles. The van der Waals surface area contributed by atoms with Crippen molar-refractivity contribution in [2.24, 2.45) is 0 Å². The predicted molar refractivity (Wildman–Crippen MR) is 92.4 cm³/mol. The van der Waals surface area contributed by atoms with Gasteiger partial charge in [-0.05, 0) is 41.7 Å². The molecule has 4 heteroatoms. The quantitative estimate of drug-likeness (QED) is 0.782. The number of carbonyl (C=O) groups excluding carboxylic acids is 1. The van der Waals surface area contributed by atoms with Gasteiger partial charge < -0.3 is 4.90 Å². The minimum atomic E-state index is 0.0681. The lowest BCUT2D eigenvalue weighted by Crippen LogP contribution is -2.07. The summed E-state index contributed by atoms with van der Waals surface area (Å²) in [4.78, 5) is 13.9. The molecule has 2 nitrogen and oxygen atoms in total. The fourth-order valence-electron chi connectivity index (χ4n) is 1.76. The van der Waals surface area contributed by atoms with Crippen molar-refractivity contribution in [3.63, 3.8) is 0 Å². The monoisotopic (exact) mass is 305 g/mol. The molecule has 0 bridgehead atoms. The Morgan fingerprint density at radius 3 is 2.40 bits per heavy atom. The highest BCUT2D eigenvalue weighted by atomic mass is 32.2. The van der Waals surface area contributed by atoms with Gasteiger partial charge in [0.15, 0.2) is 5.78 Å². The minimum absolute atomic E-state index is 0.0681. The van der Waals surface area contributed by atoms with Crippen molar-refractivity contribution in [2.75, 3.05) is 30.5 Å². The van der Waals surface area contributed by atoms with Crippen LogP contribution in [0.4, 0.5) is 5.69 Å². The van der Waals surface area contributed by atoms with Crippen molar-refractivity contribution in [3.05, 3.63) is 46.2 Å². The molecule has 106 valence electrons. The molecular formula is C16H19NOS2. The largest absolute Gasteiger partial charge is 0.378 e. The van der Waals surface area contributed by atoms with Crippen LogP contribution < -0.4 is 4.90 Å². The first-order chi connectivity index (χ1) is 9.65. The lowest BCUT2D eigenvalue weighted by Gasteiger charge is -2.11. The predicted octanol–water partition coefficient (Wildman–Crippen LogP) is 4.05. The Hall–Kier alpha value is -1.13. The van der Waals surface area contributed by atoms with Crippen molar-refractivity contribution in [3.8, 4) is 0 Å². The molecule has 20 heavy (non-hydrogen) atoms. The number of anilines is 1. The molecule has 1 fully saturated rings. The number of ketones is 1. The number of carbonyl (C=O) groups is 1. The smallest absolute Gasteiger partial charge is 0.180 e. The van der Waals surface area contributed by atoms with Gasteiger partial charge in [-0.3, -0.25) is 4.79 Å². The Balaban J connectivity index is 1.96. The number of hydrogen-bond acceptors (Lipinski definition) is 4. The van der Waals surface area contributed by atoms with E-state index in [0.29, 0.717) is 0 Å². The van der Waals surface area contributed by atoms with Crippen LogP contribution in [0, 0.1) is 0 Å². The molecular weight excluding hydrogens is 286 g/mol. The molecule has 1 aliphatic heterocycles. The molecule has 1 aromatic rings. The van der Waals surface area contributed by atoms with Gasteiger partial charge in [-0.2, -0.15) is 0 Å². The maximum atomic E-state index is 11.9. The van der Waals surface area contributed by atoms with Gasteiger partial charge >= 0.3 is 0 Å². The van der Waals surface area contributed by atoms with E-state index in [2.05, 4.69) is 17.0 Å². The lowest BCUT2D eigenvalue weighted by molar-refractivity contribution is -0.110.